The number of rotatable bonds is 5. The fourth-order valence-corrected chi connectivity index (χ4v) is 3.24. The number of nitrogens with zero attached hydrogens (tertiary/aromatic N) is 3. The molecule has 0 unspecified atom stereocenters. The molecule has 0 atom stereocenters. The van der Waals surface area contributed by atoms with Gasteiger partial charge in [-0.05, 0) is 42.0 Å². The van der Waals surface area contributed by atoms with Crippen LogP contribution in [0.25, 0.3) is 16.5 Å². The van der Waals surface area contributed by atoms with E-state index in [9.17, 15) is 5.11 Å². The summed E-state index contributed by atoms with van der Waals surface area (Å²) in [5.41, 5.74) is 1.95. The number of aromatic hydroxyl groups is 1. The highest BCUT2D eigenvalue weighted by Gasteiger charge is 2.12. The number of ether oxygens (including phenoxy) is 2. The summed E-state index contributed by atoms with van der Waals surface area (Å²) in [7, 11) is 0. The van der Waals surface area contributed by atoms with Crippen LogP contribution < -0.4 is 4.74 Å². The second-order valence-electron chi connectivity index (χ2n) is 6.55. The SMILES string of the molecule is Cc1cc(OCCN2CCOCC2)nn1-c1ccc2ccc(O)cc2c1. The average molecular weight is 353 g/mol. The molecule has 0 bridgehead atoms. The van der Waals surface area contributed by atoms with E-state index in [4.69, 9.17) is 9.47 Å². The first kappa shape index (κ1) is 16.9. The maximum Gasteiger partial charge on any atom is 0.233 e. The minimum Gasteiger partial charge on any atom is -0.508 e. The molecule has 0 radical (unpaired) electrons. The molecule has 6 nitrogen and oxygen atoms in total. The molecule has 0 aliphatic carbocycles. The maximum atomic E-state index is 9.70. The normalized spacial score (nSPS) is 15.4. The lowest BCUT2D eigenvalue weighted by Gasteiger charge is -2.26. The van der Waals surface area contributed by atoms with E-state index in [2.05, 4.69) is 10.00 Å². The lowest BCUT2D eigenvalue weighted by Crippen LogP contribution is -2.38. The smallest absolute Gasteiger partial charge is 0.233 e. The van der Waals surface area contributed by atoms with Gasteiger partial charge in [-0.15, -0.1) is 5.10 Å². The number of hydrogen-bond donors (Lipinski definition) is 1. The van der Waals surface area contributed by atoms with E-state index in [1.54, 1.807) is 12.1 Å². The van der Waals surface area contributed by atoms with Gasteiger partial charge in [0, 0.05) is 31.4 Å². The number of aromatic nitrogens is 2. The second-order valence-corrected chi connectivity index (χ2v) is 6.55. The van der Waals surface area contributed by atoms with Gasteiger partial charge in [-0.1, -0.05) is 12.1 Å². The number of phenols is 1. The monoisotopic (exact) mass is 353 g/mol. The van der Waals surface area contributed by atoms with Crippen LogP contribution in [0.5, 0.6) is 11.6 Å². The van der Waals surface area contributed by atoms with Crippen molar-refractivity contribution >= 4 is 10.8 Å². The Morgan fingerprint density at radius 3 is 2.73 bits per heavy atom. The van der Waals surface area contributed by atoms with Crippen molar-refractivity contribution in [2.45, 2.75) is 6.92 Å². The van der Waals surface area contributed by atoms with Crippen molar-refractivity contribution in [2.75, 3.05) is 39.5 Å². The third kappa shape index (κ3) is 3.66. The van der Waals surface area contributed by atoms with Gasteiger partial charge in [-0.2, -0.15) is 0 Å². The molecule has 1 fully saturated rings. The van der Waals surface area contributed by atoms with Gasteiger partial charge in [-0.25, -0.2) is 4.68 Å². The first-order valence-electron chi connectivity index (χ1n) is 8.92. The lowest BCUT2D eigenvalue weighted by atomic mass is 10.1. The molecule has 2 heterocycles. The summed E-state index contributed by atoms with van der Waals surface area (Å²) < 4.78 is 13.1. The lowest BCUT2D eigenvalue weighted by molar-refractivity contribution is 0.0320. The quantitative estimate of drug-likeness (QED) is 0.764. The predicted molar refractivity (Wildman–Crippen MR) is 100 cm³/mol. The summed E-state index contributed by atoms with van der Waals surface area (Å²) in [6.45, 7) is 7.01. The van der Waals surface area contributed by atoms with Crippen LogP contribution in [-0.4, -0.2) is 59.2 Å². The van der Waals surface area contributed by atoms with Crippen LogP contribution >= 0.6 is 0 Å². The van der Waals surface area contributed by atoms with Crippen LogP contribution in [0.4, 0.5) is 0 Å². The van der Waals surface area contributed by atoms with Crippen LogP contribution in [0.15, 0.2) is 42.5 Å². The molecule has 26 heavy (non-hydrogen) atoms. The Morgan fingerprint density at radius 2 is 1.88 bits per heavy atom. The van der Waals surface area contributed by atoms with E-state index >= 15 is 0 Å². The van der Waals surface area contributed by atoms with Crippen LogP contribution in [0, 0.1) is 6.92 Å². The number of fused-ring (bicyclic) bond motifs is 1. The molecule has 1 aliphatic rings. The Kier molecular flexibility index (Phi) is 4.77. The molecule has 136 valence electrons. The first-order chi connectivity index (χ1) is 12.7. The Bertz CT molecular complexity index is 900. The number of morpholine rings is 1. The molecule has 3 aromatic rings. The summed E-state index contributed by atoms with van der Waals surface area (Å²) >= 11 is 0. The average Bonchev–Trinajstić information content (AvgIpc) is 3.02. The summed E-state index contributed by atoms with van der Waals surface area (Å²) in [5.74, 6) is 0.894. The van der Waals surface area contributed by atoms with Crippen LogP contribution in [-0.2, 0) is 4.74 Å². The van der Waals surface area contributed by atoms with Crippen LogP contribution in [0.2, 0.25) is 0 Å². The summed E-state index contributed by atoms with van der Waals surface area (Å²) in [6.07, 6.45) is 0. The Balaban J connectivity index is 1.47. The number of phenolic OH excluding ortho intramolecular Hbond substituents is 1. The maximum absolute atomic E-state index is 9.70. The van der Waals surface area contributed by atoms with Gasteiger partial charge in [0.1, 0.15) is 12.4 Å². The van der Waals surface area contributed by atoms with Crippen molar-refractivity contribution in [3.05, 3.63) is 48.2 Å². The van der Waals surface area contributed by atoms with E-state index < -0.39 is 0 Å². The van der Waals surface area contributed by atoms with E-state index in [-0.39, 0.29) is 5.75 Å². The number of benzene rings is 2. The van der Waals surface area contributed by atoms with Gasteiger partial charge >= 0.3 is 0 Å². The fourth-order valence-electron chi connectivity index (χ4n) is 3.24. The Labute approximate surface area is 152 Å². The fraction of sp³-hybridized carbons (Fsp3) is 0.350. The van der Waals surface area contributed by atoms with Gasteiger partial charge in [0.05, 0.1) is 18.9 Å². The van der Waals surface area contributed by atoms with Crippen molar-refractivity contribution in [3.63, 3.8) is 0 Å². The Morgan fingerprint density at radius 1 is 1.08 bits per heavy atom. The van der Waals surface area contributed by atoms with Gasteiger partial charge in [-0.3, -0.25) is 4.90 Å². The van der Waals surface area contributed by atoms with Crippen molar-refractivity contribution < 1.29 is 14.6 Å². The van der Waals surface area contributed by atoms with Crippen molar-refractivity contribution in [1.29, 1.82) is 0 Å². The zero-order valence-electron chi connectivity index (χ0n) is 14.9. The zero-order chi connectivity index (χ0) is 17.9. The van der Waals surface area contributed by atoms with E-state index in [1.807, 2.05) is 41.9 Å². The topological polar surface area (TPSA) is 59.8 Å². The molecule has 2 aromatic carbocycles. The minimum atomic E-state index is 0.263. The third-order valence-electron chi connectivity index (χ3n) is 4.68. The second kappa shape index (κ2) is 7.35. The molecule has 4 rings (SSSR count). The van der Waals surface area contributed by atoms with Crippen molar-refractivity contribution in [2.24, 2.45) is 0 Å². The molecule has 1 aliphatic heterocycles. The zero-order valence-corrected chi connectivity index (χ0v) is 14.9. The van der Waals surface area contributed by atoms with Crippen molar-refractivity contribution in [1.82, 2.24) is 14.7 Å². The molecule has 1 aromatic heterocycles. The highest BCUT2D eigenvalue weighted by atomic mass is 16.5. The van der Waals surface area contributed by atoms with E-state index in [1.165, 1.54) is 0 Å². The molecule has 1 saturated heterocycles. The standard InChI is InChI=1S/C20H23N3O3/c1-15-12-20(26-11-8-22-6-9-25-10-7-22)21-23(15)18-4-2-16-3-5-19(24)14-17(16)13-18/h2-5,12-14,24H,6-11H2,1H3. The van der Waals surface area contributed by atoms with Gasteiger partial charge in [0.2, 0.25) is 5.88 Å². The summed E-state index contributed by atoms with van der Waals surface area (Å²) in [6, 6.07) is 13.4. The number of aryl methyl sites for hydroxylation is 1. The van der Waals surface area contributed by atoms with Gasteiger partial charge < -0.3 is 14.6 Å². The van der Waals surface area contributed by atoms with Crippen LogP contribution in [0.3, 0.4) is 0 Å². The largest absolute Gasteiger partial charge is 0.508 e. The van der Waals surface area contributed by atoms with Crippen LogP contribution in [0.1, 0.15) is 5.69 Å². The predicted octanol–water partition coefficient (Wildman–Crippen LogP) is 2.75. The highest BCUT2D eigenvalue weighted by molar-refractivity contribution is 5.85. The molecule has 0 saturated carbocycles. The third-order valence-corrected chi connectivity index (χ3v) is 4.68. The molecule has 0 amide bonds. The highest BCUT2D eigenvalue weighted by Crippen LogP contribution is 2.24. The molecular weight excluding hydrogens is 330 g/mol. The van der Waals surface area contributed by atoms with E-state index in [0.29, 0.717) is 12.5 Å². The molecule has 0 spiro atoms. The molecular formula is C20H23N3O3. The number of hydrogen-bond acceptors (Lipinski definition) is 5. The van der Waals surface area contributed by atoms with Crippen molar-refractivity contribution in [3.8, 4) is 17.3 Å². The molecule has 1 N–H and O–H groups in total. The van der Waals surface area contributed by atoms with Gasteiger partial charge in [0.25, 0.3) is 0 Å². The minimum absolute atomic E-state index is 0.263. The van der Waals surface area contributed by atoms with Gasteiger partial charge in [0.15, 0.2) is 0 Å². The summed E-state index contributed by atoms with van der Waals surface area (Å²) in [5, 5.41) is 16.3. The Hall–Kier alpha value is -2.57. The first-order valence-corrected chi connectivity index (χ1v) is 8.92. The summed E-state index contributed by atoms with van der Waals surface area (Å²) in [4.78, 5) is 2.34. The van der Waals surface area contributed by atoms with E-state index in [0.717, 1.165) is 55.0 Å². The molecule has 6 heteroatoms.